The largest absolute Gasteiger partial charge is 0.320 e. The number of nitrogens with one attached hydrogen (secondary N) is 1. The zero-order valence-corrected chi connectivity index (χ0v) is 13.2. The fourth-order valence-electron chi connectivity index (χ4n) is 2.45. The molecule has 1 aromatic carbocycles. The van der Waals surface area contributed by atoms with Gasteiger partial charge in [0.25, 0.3) is 5.69 Å². The van der Waals surface area contributed by atoms with Crippen molar-refractivity contribution in [1.82, 2.24) is 4.31 Å². The van der Waals surface area contributed by atoms with E-state index in [0.29, 0.717) is 19.4 Å². The van der Waals surface area contributed by atoms with Crippen LogP contribution >= 0.6 is 0 Å². The summed E-state index contributed by atoms with van der Waals surface area (Å²) in [5.74, 6) is -1.91. The molecule has 0 aromatic heterocycles. The molecule has 0 bridgehead atoms. The zero-order chi connectivity index (χ0) is 17.2. The van der Waals surface area contributed by atoms with Crippen molar-refractivity contribution in [2.45, 2.75) is 12.8 Å². The Morgan fingerprint density at radius 3 is 2.78 bits per heavy atom. The Bertz CT molecular complexity index is 737. The molecule has 1 fully saturated rings. The third-order valence-corrected chi connectivity index (χ3v) is 4.91. The molecule has 1 aromatic rings. The maximum Gasteiger partial charge on any atom is 0.295 e. The van der Waals surface area contributed by atoms with Crippen LogP contribution in [0.4, 0.5) is 15.8 Å². The second kappa shape index (κ2) is 6.59. The van der Waals surface area contributed by atoms with Gasteiger partial charge in [-0.3, -0.25) is 14.9 Å². The van der Waals surface area contributed by atoms with Crippen molar-refractivity contribution in [3.05, 3.63) is 34.1 Å². The zero-order valence-electron chi connectivity index (χ0n) is 12.4. The van der Waals surface area contributed by atoms with E-state index in [0.717, 1.165) is 24.5 Å². The van der Waals surface area contributed by atoms with Gasteiger partial charge in [-0.25, -0.2) is 17.1 Å². The maximum absolute atomic E-state index is 13.1. The number of carbonyl (C=O) groups is 1. The van der Waals surface area contributed by atoms with E-state index in [1.54, 1.807) is 0 Å². The van der Waals surface area contributed by atoms with Crippen LogP contribution in [0.25, 0.3) is 0 Å². The number of nitrogens with zero attached hydrogens (tertiary/aromatic N) is 2. The van der Waals surface area contributed by atoms with Crippen molar-refractivity contribution in [1.29, 1.82) is 0 Å². The highest BCUT2D eigenvalue weighted by atomic mass is 32.2. The predicted molar refractivity (Wildman–Crippen MR) is 80.8 cm³/mol. The third-order valence-electron chi connectivity index (χ3n) is 3.64. The molecule has 1 heterocycles. The quantitative estimate of drug-likeness (QED) is 0.654. The van der Waals surface area contributed by atoms with Crippen LogP contribution in [0, 0.1) is 21.8 Å². The van der Waals surface area contributed by atoms with E-state index in [-0.39, 0.29) is 12.2 Å². The lowest BCUT2D eigenvalue weighted by atomic mass is 9.98. The first kappa shape index (κ1) is 17.3. The Balaban J connectivity index is 2.15. The minimum absolute atomic E-state index is 0.0274. The van der Waals surface area contributed by atoms with Gasteiger partial charge in [-0.1, -0.05) is 0 Å². The normalized spacial score (nSPS) is 19.3. The number of benzene rings is 1. The highest BCUT2D eigenvalue weighted by Crippen LogP contribution is 2.27. The number of nitro groups is 1. The lowest BCUT2D eigenvalue weighted by Crippen LogP contribution is -2.43. The second-order valence-corrected chi connectivity index (χ2v) is 7.35. The first-order chi connectivity index (χ1) is 10.7. The summed E-state index contributed by atoms with van der Waals surface area (Å²) < 4.78 is 37.4. The average molecular weight is 345 g/mol. The lowest BCUT2D eigenvalue weighted by molar-refractivity contribution is -0.384. The minimum Gasteiger partial charge on any atom is -0.320 e. The molecule has 126 valence electrons. The van der Waals surface area contributed by atoms with E-state index >= 15 is 0 Å². The summed E-state index contributed by atoms with van der Waals surface area (Å²) in [6, 6.07) is 2.84. The van der Waals surface area contributed by atoms with Gasteiger partial charge >= 0.3 is 0 Å². The van der Waals surface area contributed by atoms with E-state index < -0.39 is 38.3 Å². The third kappa shape index (κ3) is 4.23. The number of piperidine rings is 1. The molecular weight excluding hydrogens is 329 g/mol. The molecule has 1 N–H and O–H groups in total. The van der Waals surface area contributed by atoms with Gasteiger partial charge in [0.15, 0.2) is 0 Å². The Morgan fingerprint density at radius 1 is 1.48 bits per heavy atom. The Kier molecular flexibility index (Phi) is 4.95. The van der Waals surface area contributed by atoms with Gasteiger partial charge in [-0.2, -0.15) is 0 Å². The summed E-state index contributed by atoms with van der Waals surface area (Å²) >= 11 is 0. The van der Waals surface area contributed by atoms with Crippen molar-refractivity contribution in [2.24, 2.45) is 5.92 Å². The first-order valence-electron chi connectivity index (χ1n) is 6.88. The summed E-state index contributed by atoms with van der Waals surface area (Å²) in [5, 5.41) is 13.3. The fraction of sp³-hybridized carbons (Fsp3) is 0.462. The van der Waals surface area contributed by atoms with Crippen LogP contribution in [0.15, 0.2) is 18.2 Å². The molecule has 0 aliphatic carbocycles. The van der Waals surface area contributed by atoms with Gasteiger partial charge in [0.2, 0.25) is 15.9 Å². The van der Waals surface area contributed by atoms with E-state index in [9.17, 15) is 27.7 Å². The maximum atomic E-state index is 13.1. The molecule has 2 rings (SSSR count). The summed E-state index contributed by atoms with van der Waals surface area (Å²) in [6.07, 6.45) is 2.07. The van der Waals surface area contributed by atoms with Gasteiger partial charge in [0.05, 0.1) is 23.2 Å². The molecule has 0 saturated carbocycles. The number of amides is 1. The Morgan fingerprint density at radius 2 is 2.17 bits per heavy atom. The van der Waals surface area contributed by atoms with Crippen LogP contribution in [0.1, 0.15) is 12.8 Å². The number of sulfonamides is 1. The first-order valence-corrected chi connectivity index (χ1v) is 8.73. The molecule has 0 unspecified atom stereocenters. The average Bonchev–Trinajstić information content (AvgIpc) is 2.48. The van der Waals surface area contributed by atoms with Crippen molar-refractivity contribution in [2.75, 3.05) is 24.7 Å². The van der Waals surface area contributed by atoms with Gasteiger partial charge in [-0.05, 0) is 25.0 Å². The topological polar surface area (TPSA) is 110 Å². The van der Waals surface area contributed by atoms with Gasteiger partial charge < -0.3 is 5.32 Å². The van der Waals surface area contributed by atoms with Crippen molar-refractivity contribution >= 4 is 27.3 Å². The number of anilines is 1. The summed E-state index contributed by atoms with van der Waals surface area (Å²) in [4.78, 5) is 22.4. The van der Waals surface area contributed by atoms with Crippen LogP contribution < -0.4 is 5.32 Å². The number of rotatable bonds is 4. The number of hydrogen-bond acceptors (Lipinski definition) is 5. The molecule has 1 saturated heterocycles. The summed E-state index contributed by atoms with van der Waals surface area (Å²) in [5.41, 5.74) is -0.660. The van der Waals surface area contributed by atoms with Gasteiger partial charge in [-0.15, -0.1) is 0 Å². The molecule has 23 heavy (non-hydrogen) atoms. The predicted octanol–water partition coefficient (Wildman–Crippen LogP) is 1.34. The number of nitro benzene ring substituents is 1. The van der Waals surface area contributed by atoms with Gasteiger partial charge in [0.1, 0.15) is 11.5 Å². The summed E-state index contributed by atoms with van der Waals surface area (Å²) in [7, 11) is -3.40. The van der Waals surface area contributed by atoms with Crippen molar-refractivity contribution in [3.63, 3.8) is 0 Å². The van der Waals surface area contributed by atoms with Gasteiger partial charge in [0, 0.05) is 13.1 Å². The fourth-order valence-corrected chi connectivity index (χ4v) is 3.37. The monoisotopic (exact) mass is 345 g/mol. The molecule has 8 nitrogen and oxygen atoms in total. The minimum atomic E-state index is -3.40. The summed E-state index contributed by atoms with van der Waals surface area (Å²) in [6.45, 7) is 0.374. The van der Waals surface area contributed by atoms with E-state index in [1.165, 1.54) is 4.31 Å². The molecule has 1 aliphatic rings. The standard InChI is InChI=1S/C13H16FN3O5S/c1-23(21,22)16-6-2-3-9(8-16)13(18)15-11-5-4-10(14)7-12(11)17(19)20/h4-5,7,9H,2-3,6,8H2,1H3,(H,15,18)/t9-/m1/s1. The van der Waals surface area contributed by atoms with Crippen LogP contribution in [0.3, 0.4) is 0 Å². The Labute approximate surface area is 132 Å². The highest BCUT2D eigenvalue weighted by Gasteiger charge is 2.31. The number of carbonyl (C=O) groups excluding carboxylic acids is 1. The molecule has 1 aliphatic heterocycles. The Hall–Kier alpha value is -2.07. The van der Waals surface area contributed by atoms with Crippen LogP contribution in [-0.2, 0) is 14.8 Å². The second-order valence-electron chi connectivity index (χ2n) is 5.37. The molecule has 0 radical (unpaired) electrons. The van der Waals surface area contributed by atoms with Crippen molar-refractivity contribution in [3.8, 4) is 0 Å². The SMILES string of the molecule is CS(=O)(=O)N1CCC[C@@H](C(=O)Nc2ccc(F)cc2[N+](=O)[O-])C1. The molecule has 1 atom stereocenters. The number of halogens is 1. The van der Waals surface area contributed by atoms with Crippen LogP contribution in [0.2, 0.25) is 0 Å². The van der Waals surface area contributed by atoms with E-state index in [1.807, 2.05) is 0 Å². The van der Waals surface area contributed by atoms with E-state index in [2.05, 4.69) is 5.32 Å². The molecule has 10 heteroatoms. The molecular formula is C13H16FN3O5S. The highest BCUT2D eigenvalue weighted by molar-refractivity contribution is 7.88. The molecule has 0 spiro atoms. The van der Waals surface area contributed by atoms with Crippen LogP contribution in [-0.4, -0.2) is 42.9 Å². The van der Waals surface area contributed by atoms with E-state index in [4.69, 9.17) is 0 Å². The number of hydrogen-bond donors (Lipinski definition) is 1. The smallest absolute Gasteiger partial charge is 0.295 e. The van der Waals surface area contributed by atoms with Crippen molar-refractivity contribution < 1.29 is 22.5 Å². The van der Waals surface area contributed by atoms with Crippen LogP contribution in [0.5, 0.6) is 0 Å². The lowest BCUT2D eigenvalue weighted by Gasteiger charge is -2.30. The molecule has 1 amide bonds.